The van der Waals surface area contributed by atoms with Gasteiger partial charge in [0.05, 0.1) is 18.3 Å². The second-order valence-electron chi connectivity index (χ2n) is 10.7. The van der Waals surface area contributed by atoms with E-state index in [4.69, 9.17) is 9.47 Å². The van der Waals surface area contributed by atoms with E-state index < -0.39 is 0 Å². The second kappa shape index (κ2) is 12.0. The van der Waals surface area contributed by atoms with Crippen LogP contribution in [0.1, 0.15) is 22.5 Å². The zero-order valence-corrected chi connectivity index (χ0v) is 24.6. The minimum atomic E-state index is -0.269. The lowest BCUT2D eigenvalue weighted by atomic mass is 10.1. The van der Waals surface area contributed by atoms with Gasteiger partial charge in [0.1, 0.15) is 47.3 Å². The Morgan fingerprint density at radius 1 is 0.867 bits per heavy atom. The van der Waals surface area contributed by atoms with Crippen LogP contribution in [0.3, 0.4) is 0 Å². The highest BCUT2D eigenvalue weighted by Gasteiger charge is 2.11. The SMILES string of the molecule is Cc1ccc2cccc(Oc3ccc(Nc4ncnc5ccc(OCc6cn(Cc7ccc(F)cc7)nn6)cc45)cc3C)c2n1. The van der Waals surface area contributed by atoms with Gasteiger partial charge in [-0.1, -0.05) is 35.5 Å². The number of halogens is 1. The Kier molecular flexibility index (Phi) is 7.44. The van der Waals surface area contributed by atoms with Gasteiger partial charge < -0.3 is 14.8 Å². The lowest BCUT2D eigenvalue weighted by molar-refractivity contribution is 0.301. The summed E-state index contributed by atoms with van der Waals surface area (Å²) in [5, 5.41) is 13.6. The number of hydrogen-bond donors (Lipinski definition) is 1. The molecule has 9 nitrogen and oxygen atoms in total. The van der Waals surface area contributed by atoms with Crippen LogP contribution >= 0.6 is 0 Å². The summed E-state index contributed by atoms with van der Waals surface area (Å²) in [5.41, 5.74) is 5.96. The van der Waals surface area contributed by atoms with E-state index in [2.05, 4.69) is 36.6 Å². The summed E-state index contributed by atoms with van der Waals surface area (Å²) in [5.74, 6) is 2.48. The molecule has 4 aromatic carbocycles. The van der Waals surface area contributed by atoms with Crippen LogP contribution in [0.25, 0.3) is 21.8 Å². The maximum absolute atomic E-state index is 13.2. The molecule has 3 heterocycles. The third-order valence-corrected chi connectivity index (χ3v) is 7.32. The molecule has 0 fully saturated rings. The highest BCUT2D eigenvalue weighted by atomic mass is 19.1. The molecular weight excluding hydrogens is 569 g/mol. The van der Waals surface area contributed by atoms with Gasteiger partial charge in [-0.25, -0.2) is 24.0 Å². The predicted octanol–water partition coefficient (Wildman–Crippen LogP) is 7.69. The molecule has 0 saturated heterocycles. The van der Waals surface area contributed by atoms with Gasteiger partial charge in [-0.3, -0.25) is 0 Å². The molecule has 0 radical (unpaired) electrons. The molecule has 7 aromatic rings. The highest BCUT2D eigenvalue weighted by Crippen LogP contribution is 2.33. The molecule has 0 saturated carbocycles. The summed E-state index contributed by atoms with van der Waals surface area (Å²) in [6, 6.07) is 27.9. The number of nitrogens with one attached hydrogen (secondary N) is 1. The number of para-hydroxylation sites is 1. The molecule has 3 aromatic heterocycles. The minimum Gasteiger partial charge on any atom is -0.487 e. The average Bonchev–Trinajstić information content (AvgIpc) is 3.50. The van der Waals surface area contributed by atoms with Crippen molar-refractivity contribution in [2.75, 3.05) is 5.32 Å². The van der Waals surface area contributed by atoms with E-state index in [1.54, 1.807) is 16.8 Å². The molecule has 0 amide bonds. The molecule has 0 aliphatic rings. The minimum absolute atomic E-state index is 0.234. The van der Waals surface area contributed by atoms with Crippen LogP contribution in [0.4, 0.5) is 15.9 Å². The van der Waals surface area contributed by atoms with Crippen molar-refractivity contribution < 1.29 is 13.9 Å². The van der Waals surface area contributed by atoms with Gasteiger partial charge in [0.15, 0.2) is 5.75 Å². The summed E-state index contributed by atoms with van der Waals surface area (Å²) < 4.78 is 27.2. The summed E-state index contributed by atoms with van der Waals surface area (Å²) in [4.78, 5) is 13.6. The van der Waals surface area contributed by atoms with Gasteiger partial charge in [0.2, 0.25) is 0 Å². The van der Waals surface area contributed by atoms with Crippen molar-refractivity contribution in [1.82, 2.24) is 29.9 Å². The Balaban J connectivity index is 1.05. The zero-order chi connectivity index (χ0) is 30.8. The van der Waals surface area contributed by atoms with Gasteiger partial charge in [0, 0.05) is 22.2 Å². The van der Waals surface area contributed by atoms with Gasteiger partial charge in [-0.15, -0.1) is 5.10 Å². The number of rotatable bonds is 9. The van der Waals surface area contributed by atoms with Crippen LogP contribution < -0.4 is 14.8 Å². The zero-order valence-electron chi connectivity index (χ0n) is 24.6. The van der Waals surface area contributed by atoms with E-state index in [1.165, 1.54) is 18.5 Å². The Hall–Kier alpha value is -5.90. The van der Waals surface area contributed by atoms with E-state index in [0.717, 1.165) is 50.1 Å². The topological polar surface area (TPSA) is 99.9 Å². The monoisotopic (exact) mass is 597 g/mol. The molecule has 1 N–H and O–H groups in total. The summed E-state index contributed by atoms with van der Waals surface area (Å²) >= 11 is 0. The first-order valence-electron chi connectivity index (χ1n) is 14.4. The van der Waals surface area contributed by atoms with Crippen molar-refractivity contribution >= 4 is 33.3 Å². The Morgan fingerprint density at radius 3 is 2.62 bits per heavy atom. The van der Waals surface area contributed by atoms with Crippen molar-refractivity contribution in [3.63, 3.8) is 0 Å². The number of fused-ring (bicyclic) bond motifs is 2. The molecule has 0 aliphatic heterocycles. The van der Waals surface area contributed by atoms with Crippen molar-refractivity contribution in [2.45, 2.75) is 27.0 Å². The number of ether oxygens (including phenoxy) is 2. The fourth-order valence-corrected chi connectivity index (χ4v) is 5.04. The Labute approximate surface area is 258 Å². The summed E-state index contributed by atoms with van der Waals surface area (Å²) in [7, 11) is 0. The number of nitrogens with zero attached hydrogens (tertiary/aromatic N) is 6. The van der Waals surface area contributed by atoms with Gasteiger partial charge in [0.25, 0.3) is 0 Å². The largest absolute Gasteiger partial charge is 0.487 e. The van der Waals surface area contributed by atoms with E-state index in [9.17, 15) is 4.39 Å². The first kappa shape index (κ1) is 27.9. The number of hydrogen-bond acceptors (Lipinski definition) is 8. The normalized spacial score (nSPS) is 11.2. The summed E-state index contributed by atoms with van der Waals surface area (Å²) in [6.45, 7) is 4.70. The first-order chi connectivity index (χ1) is 22.0. The third-order valence-electron chi connectivity index (χ3n) is 7.32. The number of aryl methyl sites for hydroxylation is 2. The molecule has 7 rings (SSSR count). The molecule has 10 heteroatoms. The maximum atomic E-state index is 13.2. The summed E-state index contributed by atoms with van der Waals surface area (Å²) in [6.07, 6.45) is 3.35. The first-order valence-corrected chi connectivity index (χ1v) is 14.4. The standard InChI is InChI=1S/C35H28FN7O2/c1-22-16-27(12-15-32(22)45-33-5-3-4-25-9-6-23(2)39-34(25)33)40-35-30-17-29(13-14-31(30)37-21-38-35)44-20-28-19-43(42-41-28)18-24-7-10-26(36)11-8-24/h3-17,19,21H,18,20H2,1-2H3,(H,37,38,40). The van der Waals surface area contributed by atoms with Crippen LogP contribution in [0.2, 0.25) is 0 Å². The van der Waals surface area contributed by atoms with Gasteiger partial charge >= 0.3 is 0 Å². The lowest BCUT2D eigenvalue weighted by Gasteiger charge is -2.14. The van der Waals surface area contributed by atoms with Crippen LogP contribution in [0.15, 0.2) is 104 Å². The van der Waals surface area contributed by atoms with Crippen molar-refractivity contribution in [3.05, 3.63) is 132 Å². The van der Waals surface area contributed by atoms with Gasteiger partial charge in [-0.2, -0.15) is 0 Å². The molecule has 0 atom stereocenters. The van der Waals surface area contributed by atoms with Crippen molar-refractivity contribution in [1.29, 1.82) is 0 Å². The van der Waals surface area contributed by atoms with Crippen molar-refractivity contribution in [3.8, 4) is 17.2 Å². The molecule has 0 bridgehead atoms. The number of aromatic nitrogens is 6. The molecule has 0 aliphatic carbocycles. The van der Waals surface area contributed by atoms with Crippen molar-refractivity contribution in [2.24, 2.45) is 0 Å². The maximum Gasteiger partial charge on any atom is 0.153 e. The molecular formula is C35H28FN7O2. The van der Waals surface area contributed by atoms with E-state index in [-0.39, 0.29) is 12.4 Å². The fraction of sp³-hybridized carbons (Fsp3) is 0.114. The Morgan fingerprint density at radius 2 is 1.76 bits per heavy atom. The van der Waals surface area contributed by atoms with Gasteiger partial charge in [-0.05, 0) is 85.6 Å². The second-order valence-corrected chi connectivity index (χ2v) is 10.7. The molecule has 0 spiro atoms. The third kappa shape index (κ3) is 6.25. The van der Waals surface area contributed by atoms with Crippen LogP contribution in [0, 0.1) is 19.7 Å². The molecule has 45 heavy (non-hydrogen) atoms. The Bertz CT molecular complexity index is 2150. The number of anilines is 2. The number of pyridine rings is 1. The van der Waals surface area contributed by atoms with E-state index in [1.807, 2.05) is 80.7 Å². The molecule has 0 unspecified atom stereocenters. The number of benzene rings is 4. The van der Waals surface area contributed by atoms with E-state index in [0.29, 0.717) is 29.6 Å². The van der Waals surface area contributed by atoms with Crippen LogP contribution in [-0.4, -0.2) is 29.9 Å². The highest BCUT2D eigenvalue weighted by molar-refractivity contribution is 5.91. The predicted molar refractivity (Wildman–Crippen MR) is 170 cm³/mol. The average molecular weight is 598 g/mol. The fourth-order valence-electron chi connectivity index (χ4n) is 5.04. The smallest absolute Gasteiger partial charge is 0.153 e. The molecule has 222 valence electrons. The lowest BCUT2D eigenvalue weighted by Crippen LogP contribution is -2.00. The van der Waals surface area contributed by atoms with E-state index >= 15 is 0 Å². The van der Waals surface area contributed by atoms with Crippen LogP contribution in [0.5, 0.6) is 17.2 Å². The van der Waals surface area contributed by atoms with Crippen LogP contribution in [-0.2, 0) is 13.2 Å². The quantitative estimate of drug-likeness (QED) is 0.181.